The third-order valence-electron chi connectivity index (χ3n) is 4.32. The van der Waals surface area contributed by atoms with E-state index in [4.69, 9.17) is 5.73 Å². The van der Waals surface area contributed by atoms with Crippen LogP contribution in [0.5, 0.6) is 0 Å². The van der Waals surface area contributed by atoms with Crippen molar-refractivity contribution in [2.45, 2.75) is 11.4 Å². The SMILES string of the molecule is CNC(=O)c1cc(-c2cccc(S(C)(=O)=O)c2)c2nnn(C/C(F)=C/CN)c2c1. The van der Waals surface area contributed by atoms with Crippen molar-refractivity contribution in [2.24, 2.45) is 5.73 Å². The lowest BCUT2D eigenvalue weighted by Crippen LogP contribution is -2.18. The average Bonchev–Trinajstić information content (AvgIpc) is 3.09. The number of benzene rings is 2. The first-order valence-electron chi connectivity index (χ1n) is 8.69. The highest BCUT2D eigenvalue weighted by molar-refractivity contribution is 7.90. The van der Waals surface area contributed by atoms with Gasteiger partial charge in [-0.05, 0) is 35.9 Å². The monoisotopic (exact) mass is 417 g/mol. The van der Waals surface area contributed by atoms with E-state index < -0.39 is 15.7 Å². The van der Waals surface area contributed by atoms with Crippen molar-refractivity contribution in [3.05, 3.63) is 53.9 Å². The molecule has 0 radical (unpaired) electrons. The van der Waals surface area contributed by atoms with Gasteiger partial charge in [-0.2, -0.15) is 0 Å². The molecule has 29 heavy (non-hydrogen) atoms. The van der Waals surface area contributed by atoms with E-state index in [-0.39, 0.29) is 23.9 Å². The highest BCUT2D eigenvalue weighted by atomic mass is 32.2. The lowest BCUT2D eigenvalue weighted by atomic mass is 10.0. The molecule has 3 N–H and O–H groups in total. The number of rotatable bonds is 6. The predicted octanol–water partition coefficient (Wildman–Crippen LogP) is 1.67. The Balaban J connectivity index is 2.25. The molecule has 3 rings (SSSR count). The van der Waals surface area contributed by atoms with Crippen LogP contribution in [0.15, 0.2) is 53.2 Å². The molecule has 0 aliphatic heterocycles. The van der Waals surface area contributed by atoms with Crippen LogP contribution in [0.1, 0.15) is 10.4 Å². The van der Waals surface area contributed by atoms with Crippen LogP contribution in [-0.4, -0.2) is 49.2 Å². The molecule has 0 spiro atoms. The lowest BCUT2D eigenvalue weighted by molar-refractivity contribution is 0.0963. The Morgan fingerprint density at radius 1 is 1.31 bits per heavy atom. The number of hydrogen-bond donors (Lipinski definition) is 2. The van der Waals surface area contributed by atoms with E-state index in [2.05, 4.69) is 15.6 Å². The number of allylic oxidation sites excluding steroid dienone is 1. The van der Waals surface area contributed by atoms with Crippen LogP contribution >= 0.6 is 0 Å². The second-order valence-corrected chi connectivity index (χ2v) is 8.42. The first-order chi connectivity index (χ1) is 13.7. The van der Waals surface area contributed by atoms with E-state index in [0.29, 0.717) is 27.7 Å². The maximum absolute atomic E-state index is 14.0. The highest BCUT2D eigenvalue weighted by Gasteiger charge is 2.18. The molecule has 10 heteroatoms. The Kier molecular flexibility index (Phi) is 5.76. The van der Waals surface area contributed by atoms with Crippen molar-refractivity contribution in [1.82, 2.24) is 20.3 Å². The van der Waals surface area contributed by atoms with Gasteiger partial charge in [-0.15, -0.1) is 5.10 Å². The van der Waals surface area contributed by atoms with Gasteiger partial charge in [-0.1, -0.05) is 17.3 Å². The van der Waals surface area contributed by atoms with Gasteiger partial charge in [0, 0.05) is 31.0 Å². The number of fused-ring (bicyclic) bond motifs is 1. The normalized spacial score (nSPS) is 12.3. The fraction of sp³-hybridized carbons (Fsp3) is 0.211. The number of carbonyl (C=O) groups is 1. The number of aromatic nitrogens is 3. The van der Waals surface area contributed by atoms with Crippen molar-refractivity contribution in [1.29, 1.82) is 0 Å². The summed E-state index contributed by atoms with van der Waals surface area (Å²) in [6, 6.07) is 9.48. The van der Waals surface area contributed by atoms with Crippen LogP contribution in [0.25, 0.3) is 22.2 Å². The minimum Gasteiger partial charge on any atom is -0.355 e. The van der Waals surface area contributed by atoms with Crippen molar-refractivity contribution in [3.63, 3.8) is 0 Å². The summed E-state index contributed by atoms with van der Waals surface area (Å²) in [5, 5.41) is 10.7. The zero-order valence-electron chi connectivity index (χ0n) is 15.9. The minimum atomic E-state index is -3.42. The summed E-state index contributed by atoms with van der Waals surface area (Å²) in [7, 11) is -1.93. The van der Waals surface area contributed by atoms with Crippen LogP contribution < -0.4 is 11.1 Å². The molecule has 1 aromatic heterocycles. The van der Waals surface area contributed by atoms with E-state index in [1.165, 1.54) is 29.9 Å². The molecule has 8 nitrogen and oxygen atoms in total. The zero-order valence-corrected chi connectivity index (χ0v) is 16.7. The smallest absolute Gasteiger partial charge is 0.251 e. The van der Waals surface area contributed by atoms with E-state index in [1.807, 2.05) is 0 Å². The van der Waals surface area contributed by atoms with Crippen LogP contribution in [0, 0.1) is 0 Å². The largest absolute Gasteiger partial charge is 0.355 e. The Morgan fingerprint density at radius 2 is 2.07 bits per heavy atom. The molecule has 3 aromatic rings. The molecule has 0 saturated heterocycles. The second kappa shape index (κ2) is 8.10. The summed E-state index contributed by atoms with van der Waals surface area (Å²) in [5.41, 5.74) is 7.57. The third kappa shape index (κ3) is 4.33. The van der Waals surface area contributed by atoms with E-state index in [0.717, 1.165) is 6.26 Å². The standard InChI is InChI=1S/C19H20FN5O3S/c1-22-19(26)13-9-16(12-4-3-5-15(8-12)29(2,27)28)18-17(10-13)25(24-23-18)11-14(20)6-7-21/h3-6,8-10H,7,11,21H2,1-2H3,(H,22,26)/b14-6-. The van der Waals surface area contributed by atoms with Gasteiger partial charge in [0.1, 0.15) is 11.3 Å². The number of halogens is 1. The molecule has 0 aliphatic carbocycles. The molecule has 0 fully saturated rings. The van der Waals surface area contributed by atoms with Crippen molar-refractivity contribution in [3.8, 4) is 11.1 Å². The van der Waals surface area contributed by atoms with Gasteiger partial charge in [0.25, 0.3) is 5.91 Å². The van der Waals surface area contributed by atoms with Gasteiger partial charge in [-0.25, -0.2) is 17.5 Å². The van der Waals surface area contributed by atoms with Gasteiger partial charge in [0.2, 0.25) is 0 Å². The quantitative estimate of drug-likeness (QED) is 0.630. The summed E-state index contributed by atoms with van der Waals surface area (Å²) < 4.78 is 39.2. The Hall–Kier alpha value is -3.11. The fourth-order valence-corrected chi connectivity index (χ4v) is 3.58. The second-order valence-electron chi connectivity index (χ2n) is 6.40. The molecule has 0 aliphatic rings. The lowest BCUT2D eigenvalue weighted by Gasteiger charge is -2.09. The number of hydrogen-bond acceptors (Lipinski definition) is 6. The van der Waals surface area contributed by atoms with Crippen LogP contribution in [0.3, 0.4) is 0 Å². The van der Waals surface area contributed by atoms with E-state index in [9.17, 15) is 17.6 Å². The molecule has 0 atom stereocenters. The number of nitrogens with one attached hydrogen (secondary N) is 1. The summed E-state index contributed by atoms with van der Waals surface area (Å²) in [6.07, 6.45) is 2.35. The van der Waals surface area contributed by atoms with E-state index in [1.54, 1.807) is 24.3 Å². The first kappa shape index (κ1) is 20.6. The Bertz CT molecular complexity index is 1220. The Labute approximate surface area is 167 Å². The van der Waals surface area contributed by atoms with Gasteiger partial charge in [0.05, 0.1) is 17.0 Å². The van der Waals surface area contributed by atoms with Crippen molar-refractivity contribution < 1.29 is 17.6 Å². The maximum atomic E-state index is 14.0. The molecule has 0 saturated carbocycles. The van der Waals surface area contributed by atoms with E-state index >= 15 is 0 Å². The Morgan fingerprint density at radius 3 is 2.72 bits per heavy atom. The predicted molar refractivity (Wildman–Crippen MR) is 108 cm³/mol. The average molecular weight is 417 g/mol. The summed E-state index contributed by atoms with van der Waals surface area (Å²) in [5.74, 6) is -0.830. The minimum absolute atomic E-state index is 0.0471. The summed E-state index contributed by atoms with van der Waals surface area (Å²) in [4.78, 5) is 12.4. The van der Waals surface area contributed by atoms with Crippen molar-refractivity contribution in [2.75, 3.05) is 19.8 Å². The number of amides is 1. The molecular formula is C19H20FN5O3S. The van der Waals surface area contributed by atoms with Gasteiger partial charge in [0.15, 0.2) is 9.84 Å². The van der Waals surface area contributed by atoms with Crippen LogP contribution in [-0.2, 0) is 16.4 Å². The number of sulfone groups is 1. The molecule has 1 heterocycles. The molecule has 1 amide bonds. The highest BCUT2D eigenvalue weighted by Crippen LogP contribution is 2.30. The number of carbonyl (C=O) groups excluding carboxylic acids is 1. The number of nitrogens with zero attached hydrogens (tertiary/aromatic N) is 3. The van der Waals surface area contributed by atoms with Gasteiger partial charge >= 0.3 is 0 Å². The van der Waals surface area contributed by atoms with Crippen molar-refractivity contribution >= 4 is 26.8 Å². The molecular weight excluding hydrogens is 397 g/mol. The van der Waals surface area contributed by atoms with Crippen LogP contribution in [0.4, 0.5) is 4.39 Å². The topological polar surface area (TPSA) is 120 Å². The molecule has 152 valence electrons. The maximum Gasteiger partial charge on any atom is 0.251 e. The molecule has 2 aromatic carbocycles. The van der Waals surface area contributed by atoms with Gasteiger partial charge < -0.3 is 11.1 Å². The van der Waals surface area contributed by atoms with Gasteiger partial charge in [-0.3, -0.25) is 4.79 Å². The summed E-state index contributed by atoms with van der Waals surface area (Å²) in [6.45, 7) is -0.140. The zero-order chi connectivity index (χ0) is 21.2. The fourth-order valence-electron chi connectivity index (χ4n) is 2.91. The summed E-state index contributed by atoms with van der Waals surface area (Å²) >= 11 is 0. The molecule has 0 unspecified atom stereocenters. The molecule has 0 bridgehead atoms. The third-order valence-corrected chi connectivity index (χ3v) is 5.43. The number of nitrogens with two attached hydrogens (primary N) is 1. The first-order valence-corrected chi connectivity index (χ1v) is 10.6. The van der Waals surface area contributed by atoms with Crippen LogP contribution in [0.2, 0.25) is 0 Å².